The second kappa shape index (κ2) is 6.81. The van der Waals surface area contributed by atoms with Gasteiger partial charge in [-0.05, 0) is 19.8 Å². The third kappa shape index (κ3) is 3.30. The molecule has 0 saturated heterocycles. The van der Waals surface area contributed by atoms with E-state index in [1.54, 1.807) is 6.92 Å². The summed E-state index contributed by atoms with van der Waals surface area (Å²) in [6, 6.07) is 2.17. The Morgan fingerprint density at radius 1 is 1.52 bits per heavy atom. The van der Waals surface area contributed by atoms with Crippen molar-refractivity contribution in [3.63, 3.8) is 0 Å². The number of carbonyl (C=O) groups excluding carboxylic acids is 2. The predicted octanol–water partition coefficient (Wildman–Crippen LogP) is 2.26. The van der Waals surface area contributed by atoms with E-state index < -0.39 is 0 Å². The Kier molecular flexibility index (Phi) is 5.07. The molecule has 6 heteroatoms. The molecule has 2 rings (SSSR count). The molecular weight excluding hydrogens is 288 g/mol. The molecule has 0 aromatic heterocycles. The molecule has 1 aliphatic carbocycles. The minimum absolute atomic E-state index is 0.124. The van der Waals surface area contributed by atoms with Gasteiger partial charge >= 0.3 is 5.97 Å². The van der Waals surface area contributed by atoms with Crippen LogP contribution >= 0.6 is 11.8 Å². The molecule has 1 heterocycles. The number of carbonyl (C=O) groups is 2. The molecule has 0 aromatic rings. The average molecular weight is 306 g/mol. The molecule has 0 saturated carbocycles. The molecule has 0 amide bonds. The lowest BCUT2D eigenvalue weighted by atomic mass is 9.81. The Hall–Kier alpha value is -1.74. The van der Waals surface area contributed by atoms with Crippen LogP contribution in [0.3, 0.4) is 0 Å². The van der Waals surface area contributed by atoms with Gasteiger partial charge in [-0.1, -0.05) is 18.7 Å². The maximum atomic E-state index is 12.0. The van der Waals surface area contributed by atoms with Crippen molar-refractivity contribution in [2.45, 2.75) is 33.1 Å². The second-order valence-corrected chi connectivity index (χ2v) is 5.95. The van der Waals surface area contributed by atoms with Crippen LogP contribution in [0.4, 0.5) is 0 Å². The SMILES string of the molecule is CCOC(=O)CSC1=C(C#N)[C@H](C)C2=C(CCCC2=O)N1. The van der Waals surface area contributed by atoms with Gasteiger partial charge in [0.15, 0.2) is 5.78 Å². The number of dihydropyridines is 1. The van der Waals surface area contributed by atoms with E-state index in [0.717, 1.165) is 24.1 Å². The molecule has 112 valence electrons. The van der Waals surface area contributed by atoms with Crippen molar-refractivity contribution in [1.29, 1.82) is 5.26 Å². The highest BCUT2D eigenvalue weighted by molar-refractivity contribution is 8.03. The van der Waals surface area contributed by atoms with E-state index in [4.69, 9.17) is 4.74 Å². The first-order chi connectivity index (χ1) is 10.1. The van der Waals surface area contributed by atoms with Crippen LogP contribution in [0.1, 0.15) is 33.1 Å². The first kappa shape index (κ1) is 15.6. The van der Waals surface area contributed by atoms with Crippen LogP contribution in [0.15, 0.2) is 21.9 Å². The number of nitriles is 1. The summed E-state index contributed by atoms with van der Waals surface area (Å²) in [6.07, 6.45) is 2.19. The van der Waals surface area contributed by atoms with Crippen LogP contribution < -0.4 is 5.32 Å². The number of thioether (sulfide) groups is 1. The fourth-order valence-corrected chi connectivity index (χ4v) is 3.56. The molecule has 1 N–H and O–H groups in total. The standard InChI is InChI=1S/C15H18N2O3S/c1-3-20-13(19)8-21-15-10(7-16)9(2)14-11(17-15)5-4-6-12(14)18/h9,17H,3-6,8H2,1-2H3/t9-/m0/s1. The Morgan fingerprint density at radius 2 is 2.29 bits per heavy atom. The van der Waals surface area contributed by atoms with E-state index in [1.807, 2.05) is 6.92 Å². The van der Waals surface area contributed by atoms with E-state index in [2.05, 4.69) is 11.4 Å². The number of ether oxygens (including phenoxy) is 1. The molecule has 1 aliphatic heterocycles. The smallest absolute Gasteiger partial charge is 0.316 e. The van der Waals surface area contributed by atoms with Gasteiger partial charge in [0, 0.05) is 23.6 Å². The highest BCUT2D eigenvalue weighted by Gasteiger charge is 2.33. The molecule has 0 bridgehead atoms. The lowest BCUT2D eigenvalue weighted by Gasteiger charge is -2.31. The van der Waals surface area contributed by atoms with E-state index >= 15 is 0 Å². The number of allylic oxidation sites excluding steroid dienone is 3. The van der Waals surface area contributed by atoms with E-state index in [1.165, 1.54) is 11.8 Å². The lowest BCUT2D eigenvalue weighted by Crippen LogP contribution is -2.31. The van der Waals surface area contributed by atoms with Crippen molar-refractivity contribution in [2.75, 3.05) is 12.4 Å². The summed E-state index contributed by atoms with van der Waals surface area (Å²) in [6.45, 7) is 3.98. The van der Waals surface area contributed by atoms with Gasteiger partial charge < -0.3 is 10.1 Å². The van der Waals surface area contributed by atoms with Crippen LogP contribution in [0.2, 0.25) is 0 Å². The van der Waals surface area contributed by atoms with Crippen LogP contribution in [0, 0.1) is 17.2 Å². The van der Waals surface area contributed by atoms with E-state index in [0.29, 0.717) is 23.6 Å². The fourth-order valence-electron chi connectivity index (χ4n) is 2.64. The van der Waals surface area contributed by atoms with Crippen LogP contribution in [-0.4, -0.2) is 24.1 Å². The zero-order valence-corrected chi connectivity index (χ0v) is 13.0. The first-order valence-electron chi connectivity index (χ1n) is 7.04. The normalized spacial score (nSPS) is 21.6. The monoisotopic (exact) mass is 306 g/mol. The number of nitrogens with zero attached hydrogens (tertiary/aromatic N) is 1. The minimum atomic E-state index is -0.304. The highest BCUT2D eigenvalue weighted by Crippen LogP contribution is 2.38. The van der Waals surface area contributed by atoms with Gasteiger partial charge in [0.1, 0.15) is 0 Å². The molecule has 0 unspecified atom stereocenters. The summed E-state index contributed by atoms with van der Waals surface area (Å²) < 4.78 is 4.89. The molecule has 1 atom stereocenters. The Labute approximate surface area is 128 Å². The van der Waals surface area contributed by atoms with Gasteiger partial charge in [0.05, 0.1) is 29.0 Å². The number of hydrogen-bond acceptors (Lipinski definition) is 6. The number of hydrogen-bond donors (Lipinski definition) is 1. The zero-order chi connectivity index (χ0) is 15.4. The highest BCUT2D eigenvalue weighted by atomic mass is 32.2. The summed E-state index contributed by atoms with van der Waals surface area (Å²) in [5, 5.41) is 13.2. The average Bonchev–Trinajstić information content (AvgIpc) is 2.45. The van der Waals surface area contributed by atoms with Crippen LogP contribution in [0.25, 0.3) is 0 Å². The summed E-state index contributed by atoms with van der Waals surface area (Å²) in [5.41, 5.74) is 2.17. The molecule has 0 spiro atoms. The summed E-state index contributed by atoms with van der Waals surface area (Å²) in [5.74, 6) is -0.228. The summed E-state index contributed by atoms with van der Waals surface area (Å²) in [4.78, 5) is 23.5. The van der Waals surface area contributed by atoms with Gasteiger partial charge in [0.25, 0.3) is 0 Å². The van der Waals surface area contributed by atoms with E-state index in [9.17, 15) is 14.9 Å². The largest absolute Gasteiger partial charge is 0.465 e. The third-order valence-electron chi connectivity index (χ3n) is 3.59. The van der Waals surface area contributed by atoms with Crippen molar-refractivity contribution in [3.8, 4) is 6.07 Å². The number of rotatable bonds is 4. The maximum Gasteiger partial charge on any atom is 0.316 e. The predicted molar refractivity (Wildman–Crippen MR) is 79.9 cm³/mol. The molecule has 5 nitrogen and oxygen atoms in total. The van der Waals surface area contributed by atoms with Gasteiger partial charge in [-0.25, -0.2) is 0 Å². The Balaban J connectivity index is 2.17. The quantitative estimate of drug-likeness (QED) is 0.803. The van der Waals surface area contributed by atoms with E-state index in [-0.39, 0.29) is 23.4 Å². The summed E-state index contributed by atoms with van der Waals surface area (Å²) >= 11 is 1.26. The lowest BCUT2D eigenvalue weighted by molar-refractivity contribution is -0.139. The molecule has 2 aliphatic rings. The van der Waals surface area contributed by atoms with Crippen molar-refractivity contribution in [3.05, 3.63) is 21.9 Å². The van der Waals surface area contributed by atoms with Gasteiger partial charge in [-0.3, -0.25) is 9.59 Å². The fraction of sp³-hybridized carbons (Fsp3) is 0.533. The first-order valence-corrected chi connectivity index (χ1v) is 8.03. The van der Waals surface area contributed by atoms with Crippen molar-refractivity contribution < 1.29 is 14.3 Å². The number of ketones is 1. The van der Waals surface area contributed by atoms with Crippen LogP contribution in [-0.2, 0) is 14.3 Å². The molecule has 21 heavy (non-hydrogen) atoms. The topological polar surface area (TPSA) is 79.2 Å². The molecule has 0 radical (unpaired) electrons. The van der Waals surface area contributed by atoms with Gasteiger partial charge in [0.2, 0.25) is 0 Å². The number of esters is 1. The van der Waals surface area contributed by atoms with Crippen molar-refractivity contribution in [2.24, 2.45) is 5.92 Å². The Morgan fingerprint density at radius 3 is 2.95 bits per heavy atom. The molecule has 0 aromatic carbocycles. The van der Waals surface area contributed by atoms with Gasteiger partial charge in [-0.2, -0.15) is 5.26 Å². The molecular formula is C15H18N2O3S. The Bertz CT molecular complexity index is 572. The second-order valence-electron chi connectivity index (χ2n) is 4.96. The van der Waals surface area contributed by atoms with Crippen molar-refractivity contribution in [1.82, 2.24) is 5.32 Å². The number of Topliss-reactive ketones (excluding diaryl/α,β-unsaturated/α-hetero) is 1. The van der Waals surface area contributed by atoms with Crippen molar-refractivity contribution >= 4 is 23.5 Å². The van der Waals surface area contributed by atoms with Crippen LogP contribution in [0.5, 0.6) is 0 Å². The maximum absolute atomic E-state index is 12.0. The minimum Gasteiger partial charge on any atom is -0.465 e. The summed E-state index contributed by atoms with van der Waals surface area (Å²) in [7, 11) is 0. The zero-order valence-electron chi connectivity index (χ0n) is 12.2. The number of nitrogens with one attached hydrogen (secondary N) is 1. The van der Waals surface area contributed by atoms with Gasteiger partial charge in [-0.15, -0.1) is 0 Å². The third-order valence-corrected chi connectivity index (χ3v) is 4.58. The molecule has 0 fully saturated rings.